The molecule has 2 heterocycles. The fourth-order valence-electron chi connectivity index (χ4n) is 1.79. The average molecular weight is 255 g/mol. The van der Waals surface area contributed by atoms with Gasteiger partial charge in [-0.25, -0.2) is 14.8 Å². The van der Waals surface area contributed by atoms with E-state index in [1.54, 1.807) is 36.7 Å². The molecular formula is C13H9N3O3. The van der Waals surface area contributed by atoms with Crippen LogP contribution in [-0.2, 0) is 6.42 Å². The van der Waals surface area contributed by atoms with Crippen LogP contribution in [0.4, 0.5) is 0 Å². The molecular weight excluding hydrogens is 246 g/mol. The minimum absolute atomic E-state index is 0.116. The van der Waals surface area contributed by atoms with Crippen molar-refractivity contribution in [2.24, 2.45) is 0 Å². The Kier molecular flexibility index (Phi) is 2.68. The largest absolute Gasteiger partial charge is 0.417 e. The minimum Gasteiger partial charge on any atom is -0.408 e. The van der Waals surface area contributed by atoms with Crippen molar-refractivity contribution in [3.05, 3.63) is 58.6 Å². The molecule has 0 radical (unpaired) electrons. The molecule has 94 valence electrons. The van der Waals surface area contributed by atoms with Gasteiger partial charge in [0, 0.05) is 18.0 Å². The van der Waals surface area contributed by atoms with Crippen LogP contribution >= 0.6 is 0 Å². The average Bonchev–Trinajstić information content (AvgIpc) is 2.78. The summed E-state index contributed by atoms with van der Waals surface area (Å²) < 4.78 is 4.87. The number of carbonyl (C=O) groups is 1. The summed E-state index contributed by atoms with van der Waals surface area (Å²) in [6.45, 7) is 0. The first-order chi connectivity index (χ1) is 9.22. The first-order valence-corrected chi connectivity index (χ1v) is 5.64. The van der Waals surface area contributed by atoms with Gasteiger partial charge in [0.1, 0.15) is 5.82 Å². The number of Topliss-reactive ketones (excluding diaryl/α,β-unsaturated/α-hetero) is 1. The molecule has 0 spiro atoms. The van der Waals surface area contributed by atoms with E-state index in [1.165, 1.54) is 0 Å². The summed E-state index contributed by atoms with van der Waals surface area (Å²) >= 11 is 0. The summed E-state index contributed by atoms with van der Waals surface area (Å²) in [5.41, 5.74) is 1.42. The third kappa shape index (κ3) is 2.28. The quantitative estimate of drug-likeness (QED) is 0.713. The second-order valence-corrected chi connectivity index (χ2v) is 3.99. The maximum absolute atomic E-state index is 12.1. The van der Waals surface area contributed by atoms with Crippen molar-refractivity contribution < 1.29 is 9.21 Å². The Morgan fingerprint density at radius 2 is 2.05 bits per heavy atom. The smallest absolute Gasteiger partial charge is 0.408 e. The molecule has 0 saturated carbocycles. The van der Waals surface area contributed by atoms with E-state index in [0.29, 0.717) is 22.5 Å². The first kappa shape index (κ1) is 11.3. The molecule has 0 aliphatic heterocycles. The number of rotatable bonds is 3. The summed E-state index contributed by atoms with van der Waals surface area (Å²) in [7, 11) is 0. The van der Waals surface area contributed by atoms with Gasteiger partial charge >= 0.3 is 5.76 Å². The summed E-state index contributed by atoms with van der Waals surface area (Å²) in [5, 5.41) is 0. The van der Waals surface area contributed by atoms with Crippen LogP contribution in [0.1, 0.15) is 16.2 Å². The number of nitrogens with zero attached hydrogens (tertiary/aromatic N) is 2. The monoisotopic (exact) mass is 255 g/mol. The van der Waals surface area contributed by atoms with E-state index in [4.69, 9.17) is 4.42 Å². The van der Waals surface area contributed by atoms with Gasteiger partial charge < -0.3 is 4.42 Å². The highest BCUT2D eigenvalue weighted by Gasteiger charge is 2.11. The summed E-state index contributed by atoms with van der Waals surface area (Å²) in [6.07, 6.45) is 3.30. The third-order valence-electron chi connectivity index (χ3n) is 2.68. The van der Waals surface area contributed by atoms with Crippen LogP contribution in [-0.4, -0.2) is 20.7 Å². The van der Waals surface area contributed by atoms with Crippen LogP contribution < -0.4 is 5.76 Å². The molecule has 1 aromatic carbocycles. The van der Waals surface area contributed by atoms with Crippen molar-refractivity contribution >= 4 is 16.9 Å². The van der Waals surface area contributed by atoms with Gasteiger partial charge in [-0.15, -0.1) is 0 Å². The fraction of sp³-hybridized carbons (Fsp3) is 0.0769. The molecule has 3 aromatic rings. The number of aromatic nitrogens is 3. The maximum Gasteiger partial charge on any atom is 0.417 e. The fourth-order valence-corrected chi connectivity index (χ4v) is 1.79. The zero-order valence-electron chi connectivity index (χ0n) is 9.79. The Morgan fingerprint density at radius 3 is 2.84 bits per heavy atom. The highest BCUT2D eigenvalue weighted by Crippen LogP contribution is 2.13. The van der Waals surface area contributed by atoms with Crippen LogP contribution in [0.3, 0.4) is 0 Å². The van der Waals surface area contributed by atoms with Crippen molar-refractivity contribution in [2.75, 3.05) is 0 Å². The number of oxazole rings is 1. The SMILES string of the molecule is O=C(Cc1ncccn1)c1ccc2oc(=O)[nH]c2c1. The predicted octanol–water partition coefficient (Wildman–Crippen LogP) is 1.34. The van der Waals surface area contributed by atoms with E-state index in [0.717, 1.165) is 0 Å². The maximum atomic E-state index is 12.1. The summed E-state index contributed by atoms with van der Waals surface area (Å²) in [5.74, 6) is -0.186. The van der Waals surface area contributed by atoms with E-state index in [-0.39, 0.29) is 12.2 Å². The summed E-state index contributed by atoms with van der Waals surface area (Å²) in [4.78, 5) is 33.6. The van der Waals surface area contributed by atoms with Crippen LogP contribution in [0.5, 0.6) is 0 Å². The molecule has 1 N–H and O–H groups in total. The standard InChI is InChI=1S/C13H9N3O3/c17-10(7-12-14-4-1-5-15-12)8-2-3-11-9(6-8)16-13(18)19-11/h1-6H,7H2,(H,16,18). The van der Waals surface area contributed by atoms with Gasteiger partial charge in [-0.3, -0.25) is 9.78 Å². The minimum atomic E-state index is -0.536. The number of fused-ring (bicyclic) bond motifs is 1. The zero-order chi connectivity index (χ0) is 13.2. The number of carbonyl (C=O) groups excluding carboxylic acids is 1. The predicted molar refractivity (Wildman–Crippen MR) is 66.9 cm³/mol. The van der Waals surface area contributed by atoms with E-state index in [9.17, 15) is 9.59 Å². The van der Waals surface area contributed by atoms with Crippen molar-refractivity contribution in [1.82, 2.24) is 15.0 Å². The molecule has 0 fully saturated rings. The Labute approximate surface area is 107 Å². The second-order valence-electron chi connectivity index (χ2n) is 3.99. The lowest BCUT2D eigenvalue weighted by Gasteiger charge is -1.99. The molecule has 0 amide bonds. The first-order valence-electron chi connectivity index (χ1n) is 5.64. The highest BCUT2D eigenvalue weighted by molar-refractivity contribution is 5.99. The van der Waals surface area contributed by atoms with E-state index in [1.807, 2.05) is 0 Å². The molecule has 0 atom stereocenters. The number of hydrogen-bond donors (Lipinski definition) is 1. The number of nitrogens with one attached hydrogen (secondary N) is 1. The van der Waals surface area contributed by atoms with Gasteiger partial charge in [-0.05, 0) is 24.3 Å². The van der Waals surface area contributed by atoms with E-state index in [2.05, 4.69) is 15.0 Å². The topological polar surface area (TPSA) is 88.8 Å². The Hall–Kier alpha value is -2.76. The van der Waals surface area contributed by atoms with Crippen molar-refractivity contribution in [2.45, 2.75) is 6.42 Å². The Bertz CT molecular complexity index is 790. The van der Waals surface area contributed by atoms with Gasteiger partial charge in [-0.1, -0.05) is 0 Å². The lowest BCUT2D eigenvalue weighted by atomic mass is 10.1. The second kappa shape index (κ2) is 4.49. The molecule has 0 aliphatic rings. The number of benzene rings is 1. The van der Waals surface area contributed by atoms with Crippen molar-refractivity contribution in [1.29, 1.82) is 0 Å². The van der Waals surface area contributed by atoms with Gasteiger partial charge in [-0.2, -0.15) is 0 Å². The van der Waals surface area contributed by atoms with Crippen LogP contribution in [0.2, 0.25) is 0 Å². The van der Waals surface area contributed by atoms with Crippen molar-refractivity contribution in [3.63, 3.8) is 0 Å². The molecule has 2 aromatic heterocycles. The van der Waals surface area contributed by atoms with E-state index < -0.39 is 5.76 Å². The molecule has 3 rings (SSSR count). The lowest BCUT2D eigenvalue weighted by molar-refractivity contribution is 0.0991. The number of aromatic amines is 1. The zero-order valence-corrected chi connectivity index (χ0v) is 9.79. The summed E-state index contributed by atoms with van der Waals surface area (Å²) in [6, 6.07) is 6.48. The van der Waals surface area contributed by atoms with Crippen LogP contribution in [0, 0.1) is 0 Å². The Balaban J connectivity index is 1.91. The highest BCUT2D eigenvalue weighted by atomic mass is 16.4. The van der Waals surface area contributed by atoms with Crippen LogP contribution in [0.15, 0.2) is 45.9 Å². The molecule has 0 saturated heterocycles. The Morgan fingerprint density at radius 1 is 1.26 bits per heavy atom. The van der Waals surface area contributed by atoms with Crippen molar-refractivity contribution in [3.8, 4) is 0 Å². The molecule has 0 aliphatic carbocycles. The number of ketones is 1. The molecule has 6 nitrogen and oxygen atoms in total. The molecule has 19 heavy (non-hydrogen) atoms. The lowest BCUT2D eigenvalue weighted by Crippen LogP contribution is -2.06. The van der Waals surface area contributed by atoms with E-state index >= 15 is 0 Å². The van der Waals surface area contributed by atoms with Gasteiger partial charge in [0.05, 0.1) is 11.9 Å². The molecule has 0 bridgehead atoms. The van der Waals surface area contributed by atoms with Gasteiger partial charge in [0.25, 0.3) is 0 Å². The van der Waals surface area contributed by atoms with Gasteiger partial charge in [0.15, 0.2) is 11.4 Å². The molecule has 0 unspecified atom stereocenters. The van der Waals surface area contributed by atoms with Gasteiger partial charge in [0.2, 0.25) is 0 Å². The third-order valence-corrected chi connectivity index (χ3v) is 2.68. The normalized spacial score (nSPS) is 10.7. The van der Waals surface area contributed by atoms with Crippen LogP contribution in [0.25, 0.3) is 11.1 Å². The number of hydrogen-bond acceptors (Lipinski definition) is 5. The molecule has 6 heteroatoms. The number of H-pyrrole nitrogens is 1.